The fraction of sp³-hybridized carbons (Fsp3) is 0.286. The number of hydrogen-bond donors (Lipinski definition) is 1. The summed E-state index contributed by atoms with van der Waals surface area (Å²) in [5.41, 5.74) is -1.29. The molecule has 3 heterocycles. The average Bonchev–Trinajstić information content (AvgIpc) is 3.25. The highest BCUT2D eigenvalue weighted by Crippen LogP contribution is 2.29. The molecule has 0 aliphatic carbocycles. The maximum absolute atomic E-state index is 12.1. The van der Waals surface area contributed by atoms with E-state index in [0.717, 1.165) is 17.1 Å². The average molecular weight is 375 g/mol. The van der Waals surface area contributed by atoms with E-state index in [1.165, 1.54) is 12.4 Å². The normalized spacial score (nSPS) is 10.9. The van der Waals surface area contributed by atoms with Gasteiger partial charge in [0.05, 0.1) is 16.5 Å². The fourth-order valence-corrected chi connectivity index (χ4v) is 2.37. The zero-order valence-electron chi connectivity index (χ0n) is 14.0. The van der Waals surface area contributed by atoms with Gasteiger partial charge in [0.25, 0.3) is 5.69 Å². The van der Waals surface area contributed by atoms with Gasteiger partial charge in [-0.3, -0.25) is 25.3 Å². The van der Waals surface area contributed by atoms with Crippen LogP contribution in [0, 0.1) is 20.2 Å². The molecular weight excluding hydrogens is 362 g/mol. The molecule has 0 bridgehead atoms. The zero-order valence-corrected chi connectivity index (χ0v) is 14.0. The number of fused-ring (bicyclic) bond motifs is 1. The van der Waals surface area contributed by atoms with Crippen LogP contribution in [0.2, 0.25) is 0 Å². The second-order valence-corrected chi connectivity index (χ2v) is 5.44. The quantitative estimate of drug-likeness (QED) is 0.280. The lowest BCUT2D eigenvalue weighted by Gasteiger charge is -2.00. The summed E-state index contributed by atoms with van der Waals surface area (Å²) in [7, 11) is 0. The Balaban J connectivity index is 2.07. The van der Waals surface area contributed by atoms with Crippen molar-refractivity contribution in [2.45, 2.75) is 19.8 Å². The molecule has 0 spiro atoms. The minimum absolute atomic E-state index is 0.0552. The molecule has 1 N–H and O–H groups in total. The van der Waals surface area contributed by atoms with Crippen LogP contribution in [0.4, 0.5) is 11.4 Å². The van der Waals surface area contributed by atoms with E-state index in [2.05, 4.69) is 20.3 Å². The molecule has 0 atom stereocenters. The first-order valence-corrected chi connectivity index (χ1v) is 7.82. The first-order valence-electron chi connectivity index (χ1n) is 7.82. The van der Waals surface area contributed by atoms with E-state index in [4.69, 9.17) is 4.74 Å². The number of esters is 1. The van der Waals surface area contributed by atoms with Crippen molar-refractivity contribution in [2.75, 3.05) is 6.61 Å². The van der Waals surface area contributed by atoms with Crippen molar-refractivity contribution in [3.8, 4) is 11.3 Å². The summed E-state index contributed by atoms with van der Waals surface area (Å²) >= 11 is 0. The lowest BCUT2D eigenvalue weighted by molar-refractivity contribution is -0.384. The Morgan fingerprint density at radius 1 is 1.30 bits per heavy atom. The van der Waals surface area contributed by atoms with Crippen LogP contribution in [0.15, 0.2) is 18.6 Å². The zero-order chi connectivity index (χ0) is 19.6. The number of aromatic amines is 1. The van der Waals surface area contributed by atoms with Gasteiger partial charge in [-0.15, -0.1) is 0 Å². The molecule has 27 heavy (non-hydrogen) atoms. The van der Waals surface area contributed by atoms with Gasteiger partial charge in [0.1, 0.15) is 11.9 Å². The van der Waals surface area contributed by atoms with Gasteiger partial charge in [0.15, 0.2) is 0 Å². The molecule has 3 rings (SSSR count). The molecular formula is C14H13N7O6. The van der Waals surface area contributed by atoms with Crippen molar-refractivity contribution >= 4 is 23.0 Å². The van der Waals surface area contributed by atoms with Crippen molar-refractivity contribution in [3.63, 3.8) is 0 Å². The van der Waals surface area contributed by atoms with Crippen LogP contribution in [-0.2, 0) is 4.74 Å². The number of ether oxygens (including phenoxy) is 1. The Labute approximate surface area is 150 Å². The van der Waals surface area contributed by atoms with Crippen LogP contribution >= 0.6 is 0 Å². The highest BCUT2D eigenvalue weighted by atomic mass is 16.6. The molecule has 0 radical (unpaired) electrons. The first kappa shape index (κ1) is 17.9. The first-order chi connectivity index (χ1) is 12.9. The third-order valence-corrected chi connectivity index (χ3v) is 3.66. The molecule has 0 aromatic carbocycles. The fourth-order valence-electron chi connectivity index (χ4n) is 2.37. The van der Waals surface area contributed by atoms with E-state index in [-0.39, 0.29) is 29.2 Å². The number of aromatic nitrogens is 5. The smallest absolute Gasteiger partial charge is 0.366 e. The highest BCUT2D eigenvalue weighted by molar-refractivity contribution is 5.95. The Hall–Kier alpha value is -3.90. The molecule has 13 nitrogen and oxygen atoms in total. The van der Waals surface area contributed by atoms with E-state index < -0.39 is 27.2 Å². The van der Waals surface area contributed by atoms with Gasteiger partial charge in [-0.25, -0.2) is 14.3 Å². The predicted octanol–water partition coefficient (Wildman–Crippen LogP) is 1.89. The number of H-pyrrole nitrogens is 1. The third kappa shape index (κ3) is 3.29. The van der Waals surface area contributed by atoms with Crippen molar-refractivity contribution < 1.29 is 19.4 Å². The topological polar surface area (TPSA) is 171 Å². The number of nitro groups is 2. The SMILES string of the molecule is CCCCOC(=O)c1nn2cc(-c3[nH]ncc3[N+](=O)[O-])cnc2c1[N+](=O)[O-]. The summed E-state index contributed by atoms with van der Waals surface area (Å²) in [5.74, 6) is -0.935. The van der Waals surface area contributed by atoms with Crippen LogP contribution in [-0.4, -0.2) is 47.2 Å². The van der Waals surface area contributed by atoms with Crippen LogP contribution in [0.3, 0.4) is 0 Å². The van der Waals surface area contributed by atoms with E-state index in [0.29, 0.717) is 6.42 Å². The van der Waals surface area contributed by atoms with Crippen molar-refractivity contribution in [2.24, 2.45) is 0 Å². The van der Waals surface area contributed by atoms with Gasteiger partial charge < -0.3 is 4.74 Å². The maximum Gasteiger partial charge on any atom is 0.366 e. The second-order valence-electron chi connectivity index (χ2n) is 5.44. The van der Waals surface area contributed by atoms with E-state index in [1.807, 2.05) is 6.92 Å². The predicted molar refractivity (Wildman–Crippen MR) is 89.1 cm³/mol. The summed E-state index contributed by atoms with van der Waals surface area (Å²) in [6.45, 7) is 2.01. The van der Waals surface area contributed by atoms with Crippen LogP contribution in [0.5, 0.6) is 0 Å². The van der Waals surface area contributed by atoms with Crippen molar-refractivity contribution in [3.05, 3.63) is 44.5 Å². The van der Waals surface area contributed by atoms with Crippen molar-refractivity contribution in [1.29, 1.82) is 0 Å². The molecule has 3 aromatic rings. The molecule has 0 saturated heterocycles. The van der Waals surface area contributed by atoms with Crippen LogP contribution < -0.4 is 0 Å². The number of hydrogen-bond acceptors (Lipinski definition) is 9. The van der Waals surface area contributed by atoms with Crippen LogP contribution in [0.1, 0.15) is 30.3 Å². The maximum atomic E-state index is 12.1. The lowest BCUT2D eigenvalue weighted by atomic mass is 10.2. The Morgan fingerprint density at radius 3 is 2.74 bits per heavy atom. The van der Waals surface area contributed by atoms with Gasteiger partial charge in [-0.2, -0.15) is 10.2 Å². The molecule has 0 unspecified atom stereocenters. The summed E-state index contributed by atoms with van der Waals surface area (Å²) < 4.78 is 6.00. The van der Waals surface area contributed by atoms with E-state index >= 15 is 0 Å². The highest BCUT2D eigenvalue weighted by Gasteiger charge is 2.31. The number of carbonyl (C=O) groups is 1. The van der Waals surface area contributed by atoms with Crippen LogP contribution in [0.25, 0.3) is 16.9 Å². The molecule has 0 fully saturated rings. The number of nitrogens with one attached hydrogen (secondary N) is 1. The largest absolute Gasteiger partial charge is 0.461 e. The summed E-state index contributed by atoms with van der Waals surface area (Å²) in [6, 6.07) is 0. The number of carbonyl (C=O) groups excluding carboxylic acids is 1. The number of unbranched alkanes of at least 4 members (excludes halogenated alkanes) is 1. The van der Waals surface area contributed by atoms with Gasteiger partial charge >= 0.3 is 17.3 Å². The summed E-state index contributed by atoms with van der Waals surface area (Å²) in [6.07, 6.45) is 4.89. The molecule has 0 saturated carbocycles. The standard InChI is InChI=1S/C14H13N7O6/c1-2-3-4-27-14(22)11-12(21(25)26)13-15-5-8(7-19(13)18-11)10-9(20(23)24)6-16-17-10/h5-7H,2-4H2,1H3,(H,16,17). The van der Waals surface area contributed by atoms with Gasteiger partial charge in [0.2, 0.25) is 5.65 Å². The Kier molecular flexibility index (Phi) is 4.74. The van der Waals surface area contributed by atoms with Gasteiger partial charge in [0, 0.05) is 18.0 Å². The molecule has 3 aromatic heterocycles. The molecule has 0 aliphatic heterocycles. The molecule has 0 amide bonds. The summed E-state index contributed by atoms with van der Waals surface area (Å²) in [5, 5.41) is 32.4. The Morgan fingerprint density at radius 2 is 2.07 bits per heavy atom. The molecule has 0 aliphatic rings. The monoisotopic (exact) mass is 375 g/mol. The lowest BCUT2D eigenvalue weighted by Crippen LogP contribution is -2.09. The second kappa shape index (κ2) is 7.15. The third-order valence-electron chi connectivity index (χ3n) is 3.66. The van der Waals surface area contributed by atoms with Gasteiger partial charge in [-0.05, 0) is 6.42 Å². The molecule has 140 valence electrons. The number of rotatable bonds is 7. The molecule has 13 heteroatoms. The van der Waals surface area contributed by atoms with E-state index in [1.54, 1.807) is 0 Å². The van der Waals surface area contributed by atoms with E-state index in [9.17, 15) is 25.0 Å². The minimum Gasteiger partial charge on any atom is -0.461 e. The number of nitrogens with zero attached hydrogens (tertiary/aromatic N) is 6. The van der Waals surface area contributed by atoms with Gasteiger partial charge in [-0.1, -0.05) is 13.3 Å². The Bertz CT molecular complexity index is 1040. The van der Waals surface area contributed by atoms with Crippen molar-refractivity contribution in [1.82, 2.24) is 24.8 Å². The minimum atomic E-state index is -0.935. The summed E-state index contributed by atoms with van der Waals surface area (Å²) in [4.78, 5) is 37.1.